The topological polar surface area (TPSA) is 50.0 Å². The van der Waals surface area contributed by atoms with Crippen molar-refractivity contribution in [3.05, 3.63) is 97.7 Å². The van der Waals surface area contributed by atoms with E-state index in [4.69, 9.17) is 0 Å². The van der Waals surface area contributed by atoms with Crippen LogP contribution in [0, 0.1) is 0 Å². The van der Waals surface area contributed by atoms with Gasteiger partial charge in [0.05, 0.1) is 0 Å². The highest BCUT2D eigenvalue weighted by Gasteiger charge is 1.99. The average Bonchev–Trinajstić information content (AvgIpc) is 4.01. The third-order valence-corrected chi connectivity index (χ3v) is 8.87. The van der Waals surface area contributed by atoms with Crippen molar-refractivity contribution in [3.8, 4) is 0 Å². The van der Waals surface area contributed by atoms with E-state index in [1.807, 2.05) is 36.5 Å². The van der Waals surface area contributed by atoms with Gasteiger partial charge in [-0.2, -0.15) is 0 Å². The number of likely N-dealkylation sites (N-methyl/N-ethyl adjacent to an activating group) is 4. The summed E-state index contributed by atoms with van der Waals surface area (Å²) < 4.78 is 0. The Balaban J connectivity index is -0.0000000862. The molecular formula is C51H112N10. The van der Waals surface area contributed by atoms with Gasteiger partial charge in [-0.05, 0) is 85.5 Å². The molecule has 0 saturated carbocycles. The predicted molar refractivity (Wildman–Crippen MR) is 286 cm³/mol. The minimum absolute atomic E-state index is 0. The van der Waals surface area contributed by atoms with Gasteiger partial charge in [0.1, 0.15) is 0 Å². The van der Waals surface area contributed by atoms with Gasteiger partial charge in [-0.15, -0.1) is 0 Å². The number of hydrazine groups is 2. The molecule has 10 nitrogen and oxygen atoms in total. The molecule has 0 radical (unpaired) electrons. The number of nitrogens with zero attached hydrogens (tertiary/aromatic N) is 8. The normalized spacial score (nSPS) is 18.9. The van der Waals surface area contributed by atoms with Crippen LogP contribution >= 0.6 is 0 Å². The van der Waals surface area contributed by atoms with Crippen LogP contribution in [-0.2, 0) is 0 Å². The predicted octanol–water partition coefficient (Wildman–Crippen LogP) is 10.6. The van der Waals surface area contributed by atoms with Gasteiger partial charge in [0.2, 0.25) is 0 Å². The fourth-order valence-electron chi connectivity index (χ4n) is 5.34. The van der Waals surface area contributed by atoms with E-state index in [0.717, 1.165) is 39.3 Å². The summed E-state index contributed by atoms with van der Waals surface area (Å²) in [5.74, 6) is 0. The lowest BCUT2D eigenvalue weighted by atomic mass is 10.2. The Bertz CT molecular complexity index is 1010. The van der Waals surface area contributed by atoms with Crippen LogP contribution in [0.5, 0.6) is 0 Å². The molecule has 0 fully saturated rings. The maximum absolute atomic E-state index is 3.04. The molecule has 0 atom stereocenters. The second-order valence-corrected chi connectivity index (χ2v) is 14.5. The summed E-state index contributed by atoms with van der Waals surface area (Å²) in [6.07, 6.45) is 43.3. The molecule has 10 heteroatoms. The zero-order valence-corrected chi connectivity index (χ0v) is 35.3. The van der Waals surface area contributed by atoms with Gasteiger partial charge in [0.15, 0.2) is 0 Å². The summed E-state index contributed by atoms with van der Waals surface area (Å²) in [5, 5.41) is 3.93. The minimum atomic E-state index is 0. The van der Waals surface area contributed by atoms with Crippen LogP contribution < -0.4 is 10.9 Å². The lowest BCUT2D eigenvalue weighted by molar-refractivity contribution is 0.332. The molecule has 0 aromatic rings. The molecule has 0 unspecified atom stereocenters. The minimum Gasteiger partial charge on any atom is -0.381 e. The van der Waals surface area contributed by atoms with E-state index < -0.39 is 0 Å². The molecule has 0 aromatic carbocycles. The molecule has 0 aromatic heterocycles. The molecule has 2 N–H and O–H groups in total. The van der Waals surface area contributed by atoms with Crippen LogP contribution in [0.1, 0.15) is 104 Å². The number of hydrogen-bond donors (Lipinski definition) is 2. The van der Waals surface area contributed by atoms with Crippen LogP contribution in [-0.4, -0.2) is 174 Å². The Hall–Kier alpha value is -3.12. The fraction of sp³-hybridized carbons (Fsp3) is 0.686. The van der Waals surface area contributed by atoms with Gasteiger partial charge in [-0.25, -0.2) is 10.4 Å². The zero-order chi connectivity index (χ0) is 38.8. The Morgan fingerprint density at radius 1 is 0.344 bits per heavy atom. The quantitative estimate of drug-likeness (QED) is 0.230. The molecule has 366 valence electrons. The number of hydrogen-bond acceptors (Lipinski definition) is 10. The van der Waals surface area contributed by atoms with Crippen LogP contribution in [0.2, 0.25) is 0 Å². The SMILES string of the molecule is C.C.C.C.C.C.C.C.CN1C=CCC1.CN1C=CCCC1.CN1C=CCN1.CN1CC=CC1.CN1CC=CCC1.CN1CC=CCC1.CN1CC=CN1.CN1CCC=CCC1. The maximum atomic E-state index is 3.04. The van der Waals surface area contributed by atoms with Crippen molar-refractivity contribution in [2.24, 2.45) is 0 Å². The Morgan fingerprint density at radius 3 is 0.951 bits per heavy atom. The highest BCUT2D eigenvalue weighted by atomic mass is 15.5. The van der Waals surface area contributed by atoms with Gasteiger partial charge in [0.25, 0.3) is 0 Å². The van der Waals surface area contributed by atoms with E-state index in [-0.39, 0.29) is 59.4 Å². The fourth-order valence-corrected chi connectivity index (χ4v) is 5.34. The molecule has 8 aliphatic heterocycles. The van der Waals surface area contributed by atoms with E-state index in [2.05, 4.69) is 168 Å². The zero-order valence-electron chi connectivity index (χ0n) is 35.3. The molecule has 0 saturated heterocycles. The third-order valence-electron chi connectivity index (χ3n) is 8.87. The second-order valence-electron chi connectivity index (χ2n) is 14.5. The van der Waals surface area contributed by atoms with Crippen LogP contribution in [0.4, 0.5) is 0 Å². The van der Waals surface area contributed by atoms with E-state index in [0.29, 0.717) is 0 Å². The average molecular weight is 866 g/mol. The second kappa shape index (κ2) is 53.0. The van der Waals surface area contributed by atoms with Crippen LogP contribution in [0.25, 0.3) is 0 Å². The summed E-state index contributed by atoms with van der Waals surface area (Å²) in [5.41, 5.74) is 6.01. The monoisotopic (exact) mass is 865 g/mol. The Labute approximate surface area is 386 Å². The molecular weight excluding hydrogens is 753 g/mol. The van der Waals surface area contributed by atoms with Crippen molar-refractivity contribution >= 4 is 0 Å². The van der Waals surface area contributed by atoms with E-state index in [9.17, 15) is 0 Å². The molecule has 0 amide bonds. The summed E-state index contributed by atoms with van der Waals surface area (Å²) in [7, 11) is 16.7. The van der Waals surface area contributed by atoms with Crippen molar-refractivity contribution in [1.82, 2.24) is 50.3 Å². The highest BCUT2D eigenvalue weighted by molar-refractivity contribution is 4.94. The van der Waals surface area contributed by atoms with Crippen molar-refractivity contribution in [3.63, 3.8) is 0 Å². The first-order chi connectivity index (χ1) is 25.7. The number of allylic oxidation sites excluding steroid dienone is 1. The van der Waals surface area contributed by atoms with Gasteiger partial charge in [-0.1, -0.05) is 132 Å². The Morgan fingerprint density at radius 2 is 0.754 bits per heavy atom. The first-order valence-corrected chi connectivity index (χ1v) is 20.0. The summed E-state index contributed by atoms with van der Waals surface area (Å²) in [6, 6.07) is 0. The van der Waals surface area contributed by atoms with Crippen molar-refractivity contribution in [1.29, 1.82) is 0 Å². The van der Waals surface area contributed by atoms with Gasteiger partial charge < -0.3 is 34.9 Å². The maximum Gasteiger partial charge on any atom is 0.0373 e. The molecule has 0 spiro atoms. The molecule has 61 heavy (non-hydrogen) atoms. The van der Waals surface area contributed by atoms with Crippen LogP contribution in [0.3, 0.4) is 0 Å². The molecule has 8 aliphatic rings. The van der Waals surface area contributed by atoms with E-state index in [1.165, 1.54) is 84.2 Å². The van der Waals surface area contributed by atoms with Crippen molar-refractivity contribution in [2.75, 3.05) is 135 Å². The number of rotatable bonds is 0. The molecule has 8 rings (SSSR count). The van der Waals surface area contributed by atoms with E-state index in [1.54, 1.807) is 0 Å². The van der Waals surface area contributed by atoms with Gasteiger partial charge >= 0.3 is 0 Å². The Kier molecular flexibility index (Phi) is 65.4. The van der Waals surface area contributed by atoms with Gasteiger partial charge in [-0.3, -0.25) is 4.90 Å². The lowest BCUT2D eigenvalue weighted by Gasteiger charge is -2.16. The smallest absolute Gasteiger partial charge is 0.0373 e. The summed E-state index contributed by atoms with van der Waals surface area (Å²) in [4.78, 5) is 13.6. The summed E-state index contributed by atoms with van der Waals surface area (Å²) in [6.45, 7) is 13.9. The lowest BCUT2D eigenvalue weighted by Crippen LogP contribution is -2.24. The molecule has 0 bridgehead atoms. The standard InChI is InChI=1S/C7H13N.3C6H11N.2C5H9N.2C4H8N2.8CH4/c1-8-6-4-2-3-5-7-8;3*1-7-5-3-2-4-6-7;4*1-6-4-2-3-5-6;;;;;;;;/h2-3H,4-7H2,1H3;3,5H,2,4,6H2,1H3;2*2-3H,4-6H2,1H3;2,4H,3,5H2,1H3;2-3H,4-5H2,1H3;2,4-5H,3H2,1H3;2-3,5H,4H2,1H3;8*1H4. The first-order valence-electron chi connectivity index (χ1n) is 20.0. The number of nitrogens with one attached hydrogen (secondary N) is 2. The van der Waals surface area contributed by atoms with Crippen molar-refractivity contribution in [2.45, 2.75) is 104 Å². The van der Waals surface area contributed by atoms with E-state index >= 15 is 0 Å². The van der Waals surface area contributed by atoms with Crippen molar-refractivity contribution < 1.29 is 0 Å². The molecule has 8 heterocycles. The largest absolute Gasteiger partial charge is 0.381 e. The first kappa shape index (κ1) is 75.3. The molecule has 0 aliphatic carbocycles. The summed E-state index contributed by atoms with van der Waals surface area (Å²) >= 11 is 0. The highest BCUT2D eigenvalue weighted by Crippen LogP contribution is 2.01. The van der Waals surface area contributed by atoms with Crippen LogP contribution in [0.15, 0.2) is 97.7 Å². The third kappa shape index (κ3) is 51.1. The van der Waals surface area contributed by atoms with Gasteiger partial charge in [0, 0.05) is 119 Å².